The minimum absolute atomic E-state index is 0.165. The second-order valence-electron chi connectivity index (χ2n) is 5.91. The van der Waals surface area contributed by atoms with Crippen molar-refractivity contribution in [3.8, 4) is 0 Å². The summed E-state index contributed by atoms with van der Waals surface area (Å²) < 4.78 is 0.847. The Balaban J connectivity index is 1.61. The molecule has 4 nitrogen and oxygen atoms in total. The van der Waals surface area contributed by atoms with Crippen molar-refractivity contribution in [2.45, 2.75) is 30.9 Å². The molecule has 0 saturated heterocycles. The highest BCUT2D eigenvalue weighted by Crippen LogP contribution is 2.29. The number of anilines is 1. The van der Waals surface area contributed by atoms with Crippen molar-refractivity contribution < 1.29 is 4.79 Å². The van der Waals surface area contributed by atoms with Crippen LogP contribution < -0.4 is 5.32 Å². The van der Waals surface area contributed by atoms with Crippen molar-refractivity contribution in [2.24, 2.45) is 0 Å². The van der Waals surface area contributed by atoms with Crippen molar-refractivity contribution in [2.75, 3.05) is 5.32 Å². The number of thioether (sulfide) groups is 1. The van der Waals surface area contributed by atoms with Gasteiger partial charge in [-0.1, -0.05) is 64.6 Å². The van der Waals surface area contributed by atoms with Gasteiger partial charge in [0, 0.05) is 11.3 Å². The molecule has 6 heteroatoms. The Morgan fingerprint density at radius 2 is 1.76 bits per heavy atom. The molecule has 0 aliphatic heterocycles. The normalized spacial score (nSPS) is 10.7. The first kappa shape index (κ1) is 17.6. The lowest BCUT2D eigenvalue weighted by atomic mass is 10.1. The van der Waals surface area contributed by atoms with Crippen LogP contribution in [0.15, 0.2) is 46.8 Å². The van der Waals surface area contributed by atoms with Crippen LogP contribution in [-0.4, -0.2) is 16.1 Å². The zero-order valence-corrected chi connectivity index (χ0v) is 16.0. The number of carbonyl (C=O) groups is 1. The molecule has 1 aromatic heterocycles. The van der Waals surface area contributed by atoms with E-state index in [0.29, 0.717) is 10.7 Å². The van der Waals surface area contributed by atoms with Gasteiger partial charge in [0.15, 0.2) is 4.34 Å². The van der Waals surface area contributed by atoms with E-state index in [-0.39, 0.29) is 5.91 Å². The van der Waals surface area contributed by atoms with Gasteiger partial charge in [-0.3, -0.25) is 10.1 Å². The number of aryl methyl sites for hydroxylation is 3. The summed E-state index contributed by atoms with van der Waals surface area (Å²) in [6.07, 6.45) is 0. The topological polar surface area (TPSA) is 54.9 Å². The predicted molar refractivity (Wildman–Crippen MR) is 105 cm³/mol. The van der Waals surface area contributed by atoms with E-state index in [2.05, 4.69) is 47.6 Å². The van der Waals surface area contributed by atoms with Crippen LogP contribution in [0.3, 0.4) is 0 Å². The van der Waals surface area contributed by atoms with E-state index in [1.807, 2.05) is 31.2 Å². The summed E-state index contributed by atoms with van der Waals surface area (Å²) in [6, 6.07) is 13.9. The maximum atomic E-state index is 12.2. The summed E-state index contributed by atoms with van der Waals surface area (Å²) in [5.41, 5.74) is 5.56. The molecule has 2 aromatic carbocycles. The first-order valence-corrected chi connectivity index (χ1v) is 9.72. The maximum Gasteiger partial charge on any atom is 0.257 e. The van der Waals surface area contributed by atoms with Crippen molar-refractivity contribution in [1.82, 2.24) is 10.2 Å². The molecule has 0 fully saturated rings. The third-order valence-electron chi connectivity index (χ3n) is 3.80. The van der Waals surface area contributed by atoms with E-state index in [1.165, 1.54) is 28.0 Å². The SMILES string of the molecule is Cc1ccc(C(=O)Nc2nnc(SCc3cc(C)ccc3C)s2)cc1. The van der Waals surface area contributed by atoms with Crippen LogP contribution in [0.1, 0.15) is 32.6 Å². The van der Waals surface area contributed by atoms with Crippen molar-refractivity contribution >= 4 is 34.1 Å². The average Bonchev–Trinajstić information content (AvgIpc) is 3.03. The van der Waals surface area contributed by atoms with E-state index in [1.54, 1.807) is 11.8 Å². The van der Waals surface area contributed by atoms with Crippen LogP contribution in [0.25, 0.3) is 0 Å². The number of nitrogens with one attached hydrogen (secondary N) is 1. The molecule has 1 heterocycles. The van der Waals surface area contributed by atoms with Gasteiger partial charge in [0.05, 0.1) is 0 Å². The second-order valence-corrected chi connectivity index (χ2v) is 8.11. The number of nitrogens with zero attached hydrogens (tertiary/aromatic N) is 2. The molecule has 0 radical (unpaired) electrons. The number of amides is 1. The minimum atomic E-state index is -0.165. The summed E-state index contributed by atoms with van der Waals surface area (Å²) in [5, 5.41) is 11.6. The molecule has 25 heavy (non-hydrogen) atoms. The summed E-state index contributed by atoms with van der Waals surface area (Å²) >= 11 is 3.03. The number of aromatic nitrogens is 2. The quantitative estimate of drug-likeness (QED) is 0.507. The fraction of sp³-hybridized carbons (Fsp3) is 0.211. The largest absolute Gasteiger partial charge is 0.296 e. The van der Waals surface area contributed by atoms with Gasteiger partial charge in [0.2, 0.25) is 5.13 Å². The predicted octanol–water partition coefficient (Wildman–Crippen LogP) is 5.01. The molecule has 0 saturated carbocycles. The molecule has 1 N–H and O–H groups in total. The van der Waals surface area contributed by atoms with Crippen LogP contribution in [0, 0.1) is 20.8 Å². The van der Waals surface area contributed by atoms with Gasteiger partial charge in [-0.15, -0.1) is 10.2 Å². The molecular formula is C19H19N3OS2. The van der Waals surface area contributed by atoms with Gasteiger partial charge < -0.3 is 0 Å². The Labute approximate surface area is 155 Å². The zero-order chi connectivity index (χ0) is 17.8. The molecule has 0 aliphatic carbocycles. The van der Waals surface area contributed by atoms with Gasteiger partial charge in [0.1, 0.15) is 0 Å². The number of benzene rings is 2. The van der Waals surface area contributed by atoms with Gasteiger partial charge in [-0.2, -0.15) is 0 Å². The molecule has 0 atom stereocenters. The van der Waals surface area contributed by atoms with Crippen LogP contribution in [0.4, 0.5) is 5.13 Å². The second kappa shape index (κ2) is 7.80. The highest BCUT2D eigenvalue weighted by molar-refractivity contribution is 8.00. The number of rotatable bonds is 5. The first-order chi connectivity index (χ1) is 12.0. The number of carbonyl (C=O) groups excluding carboxylic acids is 1. The summed E-state index contributed by atoms with van der Waals surface area (Å²) in [6.45, 7) is 6.20. The van der Waals surface area contributed by atoms with Gasteiger partial charge in [0.25, 0.3) is 5.91 Å². The summed E-state index contributed by atoms with van der Waals surface area (Å²) in [7, 11) is 0. The first-order valence-electron chi connectivity index (χ1n) is 7.92. The number of hydrogen-bond acceptors (Lipinski definition) is 5. The third-order valence-corrected chi connectivity index (χ3v) is 5.82. The van der Waals surface area contributed by atoms with E-state index < -0.39 is 0 Å². The monoisotopic (exact) mass is 369 g/mol. The summed E-state index contributed by atoms with van der Waals surface area (Å²) in [5.74, 6) is 0.677. The zero-order valence-electron chi connectivity index (χ0n) is 14.4. The van der Waals surface area contributed by atoms with Gasteiger partial charge in [-0.05, 0) is 44.0 Å². The molecule has 1 amide bonds. The van der Waals surface area contributed by atoms with Crippen LogP contribution in [-0.2, 0) is 5.75 Å². The van der Waals surface area contributed by atoms with E-state index in [9.17, 15) is 4.79 Å². The van der Waals surface area contributed by atoms with Gasteiger partial charge >= 0.3 is 0 Å². The lowest BCUT2D eigenvalue weighted by molar-refractivity contribution is 0.102. The van der Waals surface area contributed by atoms with Crippen molar-refractivity contribution in [1.29, 1.82) is 0 Å². The lowest BCUT2D eigenvalue weighted by Crippen LogP contribution is -2.11. The summed E-state index contributed by atoms with van der Waals surface area (Å²) in [4.78, 5) is 12.2. The maximum absolute atomic E-state index is 12.2. The average molecular weight is 370 g/mol. The Kier molecular flexibility index (Phi) is 5.50. The molecule has 0 bridgehead atoms. The lowest BCUT2D eigenvalue weighted by Gasteiger charge is -2.05. The highest BCUT2D eigenvalue weighted by atomic mass is 32.2. The Bertz CT molecular complexity index is 888. The Morgan fingerprint density at radius 3 is 2.52 bits per heavy atom. The Hall–Kier alpha value is -2.18. The number of hydrogen-bond donors (Lipinski definition) is 1. The van der Waals surface area contributed by atoms with Crippen molar-refractivity contribution in [3.05, 3.63) is 70.3 Å². The van der Waals surface area contributed by atoms with E-state index >= 15 is 0 Å². The molecule has 0 spiro atoms. The molecular weight excluding hydrogens is 350 g/mol. The highest BCUT2D eigenvalue weighted by Gasteiger charge is 2.11. The Morgan fingerprint density at radius 1 is 1.04 bits per heavy atom. The molecule has 0 aliphatic rings. The third kappa shape index (κ3) is 4.67. The van der Waals surface area contributed by atoms with E-state index in [4.69, 9.17) is 0 Å². The molecule has 3 aromatic rings. The fourth-order valence-corrected chi connectivity index (χ4v) is 4.10. The van der Waals surface area contributed by atoms with Crippen LogP contribution >= 0.6 is 23.1 Å². The standard InChI is InChI=1S/C19H19N3OS2/c1-12-5-8-15(9-6-12)17(23)20-18-21-22-19(25-18)24-11-16-10-13(2)4-7-14(16)3/h4-10H,11H2,1-3H3,(H,20,21,23). The van der Waals surface area contributed by atoms with Gasteiger partial charge in [-0.25, -0.2) is 0 Å². The molecule has 0 unspecified atom stereocenters. The molecule has 128 valence electrons. The van der Waals surface area contributed by atoms with Crippen LogP contribution in [0.2, 0.25) is 0 Å². The van der Waals surface area contributed by atoms with Crippen molar-refractivity contribution in [3.63, 3.8) is 0 Å². The molecule has 3 rings (SSSR count). The van der Waals surface area contributed by atoms with Crippen LogP contribution in [0.5, 0.6) is 0 Å². The smallest absolute Gasteiger partial charge is 0.257 e. The minimum Gasteiger partial charge on any atom is -0.296 e. The fourth-order valence-electron chi connectivity index (χ4n) is 2.29. The van der Waals surface area contributed by atoms with E-state index in [0.717, 1.165) is 15.7 Å².